The lowest BCUT2D eigenvalue weighted by Crippen LogP contribution is -2.39. The molecule has 1 heterocycles. The van der Waals surface area contributed by atoms with Crippen LogP contribution in [0.1, 0.15) is 31.2 Å². The third kappa shape index (κ3) is 2.26. The van der Waals surface area contributed by atoms with Crippen molar-refractivity contribution < 1.29 is 23.2 Å². The van der Waals surface area contributed by atoms with E-state index in [1.54, 1.807) is 0 Å². The molecule has 3 rings (SSSR count). The highest BCUT2D eigenvalue weighted by atomic mass is 19.2. The smallest absolute Gasteiger partial charge is 0.263 e. The average Bonchev–Trinajstić information content (AvgIpc) is 3.07. The standard InChI is InChI=1S/C15H14F2N2O3/c16-11-7-3-4-9(12(11)17)8-18-13(20)14(21)19(15(18)22)10-5-1-2-6-10/h3-4,7,10H,1-2,5-6,8H2. The van der Waals surface area contributed by atoms with Gasteiger partial charge in [0.2, 0.25) is 0 Å². The summed E-state index contributed by atoms with van der Waals surface area (Å²) < 4.78 is 26.9. The van der Waals surface area contributed by atoms with E-state index in [-0.39, 0.29) is 11.6 Å². The highest BCUT2D eigenvalue weighted by molar-refractivity contribution is 6.44. The molecule has 1 saturated heterocycles. The molecule has 0 spiro atoms. The van der Waals surface area contributed by atoms with E-state index >= 15 is 0 Å². The molecule has 0 aromatic heterocycles. The molecule has 5 nitrogen and oxygen atoms in total. The Balaban J connectivity index is 1.85. The summed E-state index contributed by atoms with van der Waals surface area (Å²) in [7, 11) is 0. The third-order valence-electron chi connectivity index (χ3n) is 4.13. The lowest BCUT2D eigenvalue weighted by Gasteiger charge is -2.21. The molecule has 1 saturated carbocycles. The highest BCUT2D eigenvalue weighted by Crippen LogP contribution is 2.28. The molecule has 116 valence electrons. The van der Waals surface area contributed by atoms with Crippen LogP contribution < -0.4 is 0 Å². The lowest BCUT2D eigenvalue weighted by atomic mass is 10.2. The molecule has 0 unspecified atom stereocenters. The Labute approximate surface area is 125 Å². The highest BCUT2D eigenvalue weighted by Gasteiger charge is 2.48. The van der Waals surface area contributed by atoms with Crippen molar-refractivity contribution in [2.75, 3.05) is 0 Å². The zero-order valence-corrected chi connectivity index (χ0v) is 11.7. The zero-order chi connectivity index (χ0) is 15.9. The van der Waals surface area contributed by atoms with Crippen molar-refractivity contribution in [1.29, 1.82) is 0 Å². The summed E-state index contributed by atoms with van der Waals surface area (Å²) in [6.45, 7) is -0.448. The Morgan fingerprint density at radius 3 is 2.41 bits per heavy atom. The van der Waals surface area contributed by atoms with Gasteiger partial charge in [0.15, 0.2) is 11.6 Å². The second kappa shape index (κ2) is 5.47. The molecule has 7 heteroatoms. The van der Waals surface area contributed by atoms with Crippen molar-refractivity contribution in [3.63, 3.8) is 0 Å². The lowest BCUT2D eigenvalue weighted by molar-refractivity contribution is -0.144. The minimum atomic E-state index is -1.12. The number of halogens is 2. The zero-order valence-electron chi connectivity index (χ0n) is 11.7. The van der Waals surface area contributed by atoms with E-state index in [1.807, 2.05) is 0 Å². The monoisotopic (exact) mass is 308 g/mol. The summed E-state index contributed by atoms with van der Waals surface area (Å²) in [6, 6.07) is 2.50. The van der Waals surface area contributed by atoms with Gasteiger partial charge in [-0.15, -0.1) is 0 Å². The summed E-state index contributed by atoms with van der Waals surface area (Å²) in [5.74, 6) is -4.04. The number of hydrogen-bond acceptors (Lipinski definition) is 3. The van der Waals surface area contributed by atoms with Crippen LogP contribution in [0.15, 0.2) is 18.2 Å². The Bertz CT molecular complexity index is 656. The summed E-state index contributed by atoms with van der Waals surface area (Å²) in [5, 5.41) is 0. The van der Waals surface area contributed by atoms with E-state index in [9.17, 15) is 23.2 Å². The van der Waals surface area contributed by atoms with Gasteiger partial charge in [-0.05, 0) is 18.9 Å². The number of benzene rings is 1. The van der Waals surface area contributed by atoms with Crippen LogP contribution in [0.4, 0.5) is 13.6 Å². The van der Waals surface area contributed by atoms with Crippen LogP contribution in [0.5, 0.6) is 0 Å². The first kappa shape index (κ1) is 14.6. The van der Waals surface area contributed by atoms with Crippen molar-refractivity contribution >= 4 is 17.8 Å². The number of rotatable bonds is 3. The maximum absolute atomic E-state index is 13.7. The van der Waals surface area contributed by atoms with Crippen LogP contribution in [0.3, 0.4) is 0 Å². The van der Waals surface area contributed by atoms with E-state index in [0.29, 0.717) is 17.7 Å². The topological polar surface area (TPSA) is 57.7 Å². The Hall–Kier alpha value is -2.31. The molecule has 0 bridgehead atoms. The summed E-state index contributed by atoms with van der Waals surface area (Å²) >= 11 is 0. The summed E-state index contributed by atoms with van der Waals surface area (Å²) in [6.07, 6.45) is 3.14. The molecule has 1 aliphatic heterocycles. The number of carbonyl (C=O) groups excluding carboxylic acids is 3. The van der Waals surface area contributed by atoms with Crippen molar-refractivity contribution in [3.8, 4) is 0 Å². The Morgan fingerprint density at radius 1 is 1.05 bits per heavy atom. The molecule has 2 fully saturated rings. The van der Waals surface area contributed by atoms with Crippen LogP contribution in [-0.2, 0) is 16.1 Å². The number of carbonyl (C=O) groups is 3. The largest absolute Gasteiger partial charge is 0.334 e. The molecule has 22 heavy (non-hydrogen) atoms. The molecule has 1 aliphatic carbocycles. The molecule has 0 radical (unpaired) electrons. The van der Waals surface area contributed by atoms with Gasteiger partial charge in [-0.1, -0.05) is 25.0 Å². The van der Waals surface area contributed by atoms with E-state index in [1.165, 1.54) is 12.1 Å². The van der Waals surface area contributed by atoms with Gasteiger partial charge in [-0.2, -0.15) is 0 Å². The third-order valence-corrected chi connectivity index (χ3v) is 4.13. The van der Waals surface area contributed by atoms with Crippen molar-refractivity contribution in [1.82, 2.24) is 9.80 Å². The van der Waals surface area contributed by atoms with Gasteiger partial charge < -0.3 is 0 Å². The van der Waals surface area contributed by atoms with Crippen LogP contribution >= 0.6 is 0 Å². The first-order valence-electron chi connectivity index (χ1n) is 7.12. The molecular weight excluding hydrogens is 294 g/mol. The fourth-order valence-corrected chi connectivity index (χ4v) is 2.99. The number of nitrogens with zero attached hydrogens (tertiary/aromatic N) is 2. The molecule has 1 aromatic rings. The van der Waals surface area contributed by atoms with Gasteiger partial charge in [-0.25, -0.2) is 13.6 Å². The number of hydrogen-bond donors (Lipinski definition) is 0. The van der Waals surface area contributed by atoms with Gasteiger partial charge in [0.1, 0.15) is 0 Å². The first-order valence-corrected chi connectivity index (χ1v) is 7.12. The molecule has 2 aliphatic rings. The summed E-state index contributed by atoms with van der Waals surface area (Å²) in [4.78, 5) is 37.9. The second-order valence-electron chi connectivity index (χ2n) is 5.50. The maximum atomic E-state index is 13.7. The second-order valence-corrected chi connectivity index (χ2v) is 5.50. The summed E-state index contributed by atoms with van der Waals surface area (Å²) in [5.41, 5.74) is -0.136. The Morgan fingerprint density at radius 2 is 1.73 bits per heavy atom. The quantitative estimate of drug-likeness (QED) is 0.635. The fraction of sp³-hybridized carbons (Fsp3) is 0.400. The predicted octanol–water partition coefficient (Wildman–Crippen LogP) is 2.20. The van der Waals surface area contributed by atoms with Crippen molar-refractivity contribution in [3.05, 3.63) is 35.4 Å². The molecule has 0 atom stereocenters. The van der Waals surface area contributed by atoms with Gasteiger partial charge >= 0.3 is 17.8 Å². The molecule has 4 amide bonds. The van der Waals surface area contributed by atoms with E-state index < -0.39 is 36.0 Å². The van der Waals surface area contributed by atoms with Crippen LogP contribution in [0.25, 0.3) is 0 Å². The SMILES string of the molecule is O=C1C(=O)N(C2CCCC2)C(=O)N1Cc1cccc(F)c1F. The minimum Gasteiger partial charge on any atom is -0.263 e. The maximum Gasteiger partial charge on any atom is 0.334 e. The van der Waals surface area contributed by atoms with Gasteiger partial charge in [-0.3, -0.25) is 19.4 Å². The Kier molecular flexibility index (Phi) is 3.64. The predicted molar refractivity (Wildman–Crippen MR) is 71.4 cm³/mol. The molecule has 0 N–H and O–H groups in total. The molecular formula is C15H14F2N2O3. The van der Waals surface area contributed by atoms with Crippen LogP contribution in [0.2, 0.25) is 0 Å². The average molecular weight is 308 g/mol. The number of urea groups is 1. The molecule has 1 aromatic carbocycles. The normalized spacial score (nSPS) is 19.6. The minimum absolute atomic E-state index is 0.136. The van der Waals surface area contributed by atoms with E-state index in [4.69, 9.17) is 0 Å². The van der Waals surface area contributed by atoms with Crippen LogP contribution in [0, 0.1) is 11.6 Å². The van der Waals surface area contributed by atoms with Gasteiger partial charge in [0, 0.05) is 11.6 Å². The fourth-order valence-electron chi connectivity index (χ4n) is 2.99. The van der Waals surface area contributed by atoms with Crippen molar-refractivity contribution in [2.45, 2.75) is 38.3 Å². The first-order chi connectivity index (χ1) is 10.5. The van der Waals surface area contributed by atoms with Gasteiger partial charge in [0.25, 0.3) is 0 Å². The van der Waals surface area contributed by atoms with Gasteiger partial charge in [0.05, 0.1) is 6.54 Å². The number of amides is 4. The number of imide groups is 2. The van der Waals surface area contributed by atoms with E-state index in [2.05, 4.69) is 0 Å². The van der Waals surface area contributed by atoms with Crippen LogP contribution in [-0.4, -0.2) is 33.7 Å². The van der Waals surface area contributed by atoms with Crippen molar-refractivity contribution in [2.24, 2.45) is 0 Å². The van der Waals surface area contributed by atoms with E-state index in [0.717, 1.165) is 23.8 Å².